The van der Waals surface area contributed by atoms with Crippen molar-refractivity contribution >= 4 is 35.1 Å². The topological polar surface area (TPSA) is 93.2 Å². The SMILES string of the molecule is CCOc1ccc(N2C[C@H](C(=O)Oc3cccc(N4C(=O)[C@H]5CC=C(C)C[C@@H]5C4=O)c3)CC2=O)cc1. The maximum Gasteiger partial charge on any atom is 0.316 e. The predicted molar refractivity (Wildman–Crippen MR) is 133 cm³/mol. The molecule has 0 spiro atoms. The van der Waals surface area contributed by atoms with Crippen LogP contribution in [0.3, 0.4) is 0 Å². The average Bonchev–Trinajstić information content (AvgIpc) is 3.37. The number of carbonyl (C=O) groups is 4. The first kappa shape index (κ1) is 23.8. The fourth-order valence-electron chi connectivity index (χ4n) is 5.18. The van der Waals surface area contributed by atoms with Gasteiger partial charge in [-0.3, -0.25) is 19.2 Å². The lowest BCUT2D eigenvalue weighted by Gasteiger charge is -2.18. The molecule has 2 aromatic carbocycles. The third kappa shape index (κ3) is 4.39. The van der Waals surface area contributed by atoms with Gasteiger partial charge >= 0.3 is 5.97 Å². The van der Waals surface area contributed by atoms with Crippen molar-refractivity contribution < 1.29 is 28.7 Å². The predicted octanol–water partition coefficient (Wildman–Crippen LogP) is 3.89. The molecule has 8 nitrogen and oxygen atoms in total. The Bertz CT molecular complexity index is 1250. The molecule has 186 valence electrons. The normalized spacial score (nSPS) is 23.6. The molecule has 0 radical (unpaired) electrons. The number of nitrogens with zero attached hydrogens (tertiary/aromatic N) is 2. The van der Waals surface area contributed by atoms with Crippen molar-refractivity contribution in [2.24, 2.45) is 17.8 Å². The second kappa shape index (κ2) is 9.60. The zero-order valence-electron chi connectivity index (χ0n) is 20.3. The molecule has 0 saturated carbocycles. The van der Waals surface area contributed by atoms with Crippen molar-refractivity contribution in [1.29, 1.82) is 0 Å². The van der Waals surface area contributed by atoms with Gasteiger partial charge in [0.05, 0.1) is 30.0 Å². The summed E-state index contributed by atoms with van der Waals surface area (Å²) in [6.45, 7) is 4.64. The highest BCUT2D eigenvalue weighted by atomic mass is 16.5. The summed E-state index contributed by atoms with van der Waals surface area (Å²) in [5, 5.41) is 0. The lowest BCUT2D eigenvalue weighted by molar-refractivity contribution is -0.139. The number of hydrogen-bond acceptors (Lipinski definition) is 6. The van der Waals surface area contributed by atoms with E-state index in [1.54, 1.807) is 47.4 Å². The number of carbonyl (C=O) groups excluding carboxylic acids is 4. The smallest absolute Gasteiger partial charge is 0.316 e. The number of benzene rings is 2. The molecule has 0 aromatic heterocycles. The minimum Gasteiger partial charge on any atom is -0.494 e. The van der Waals surface area contributed by atoms with E-state index in [-0.39, 0.29) is 48.3 Å². The van der Waals surface area contributed by atoms with Gasteiger partial charge in [-0.15, -0.1) is 0 Å². The number of hydrogen-bond donors (Lipinski definition) is 0. The summed E-state index contributed by atoms with van der Waals surface area (Å²) in [5.41, 5.74) is 2.20. The Labute approximate surface area is 209 Å². The molecular formula is C28H28N2O6. The number of allylic oxidation sites excluding steroid dienone is 2. The molecule has 2 saturated heterocycles. The summed E-state index contributed by atoms with van der Waals surface area (Å²) >= 11 is 0. The summed E-state index contributed by atoms with van der Waals surface area (Å²) in [6, 6.07) is 13.6. The van der Waals surface area contributed by atoms with E-state index in [2.05, 4.69) is 0 Å². The number of amides is 3. The average molecular weight is 489 g/mol. The van der Waals surface area contributed by atoms with E-state index in [0.29, 0.717) is 36.6 Å². The standard InChI is InChI=1S/C28H28N2O6/c1-3-35-21-10-8-19(9-11-21)29-16-18(14-25(29)31)28(34)36-22-6-4-5-20(15-22)30-26(32)23-12-7-17(2)13-24(23)27(30)33/h4-11,15,18,23-24H,3,12-14,16H2,1-2H3/t18-,23+,24+/m1/s1. The van der Waals surface area contributed by atoms with Crippen LogP contribution in [-0.4, -0.2) is 36.8 Å². The molecule has 2 heterocycles. The molecule has 0 unspecified atom stereocenters. The monoisotopic (exact) mass is 488 g/mol. The number of fused-ring (bicyclic) bond motifs is 1. The van der Waals surface area contributed by atoms with Gasteiger partial charge in [0.15, 0.2) is 0 Å². The van der Waals surface area contributed by atoms with E-state index < -0.39 is 11.9 Å². The van der Waals surface area contributed by atoms with Crippen LogP contribution in [0.15, 0.2) is 60.2 Å². The van der Waals surface area contributed by atoms with Gasteiger partial charge in [-0.05, 0) is 63.1 Å². The first-order chi connectivity index (χ1) is 17.4. The molecule has 2 fully saturated rings. The third-order valence-corrected chi connectivity index (χ3v) is 7.04. The van der Waals surface area contributed by atoms with Gasteiger partial charge < -0.3 is 14.4 Å². The lowest BCUT2D eigenvalue weighted by Crippen LogP contribution is -2.31. The van der Waals surface area contributed by atoms with E-state index in [0.717, 1.165) is 5.57 Å². The first-order valence-corrected chi connectivity index (χ1v) is 12.2. The molecule has 0 bridgehead atoms. The summed E-state index contributed by atoms with van der Waals surface area (Å²) in [5.74, 6) is -1.48. The van der Waals surface area contributed by atoms with Gasteiger partial charge in [0.2, 0.25) is 17.7 Å². The van der Waals surface area contributed by atoms with Crippen molar-refractivity contribution in [1.82, 2.24) is 0 Å². The molecule has 3 amide bonds. The van der Waals surface area contributed by atoms with Crippen molar-refractivity contribution in [2.75, 3.05) is 23.0 Å². The zero-order chi connectivity index (χ0) is 25.4. The Morgan fingerprint density at radius 2 is 1.69 bits per heavy atom. The van der Waals surface area contributed by atoms with Gasteiger partial charge in [-0.2, -0.15) is 0 Å². The summed E-state index contributed by atoms with van der Waals surface area (Å²) < 4.78 is 11.0. The number of ether oxygens (including phenoxy) is 2. The largest absolute Gasteiger partial charge is 0.494 e. The highest BCUT2D eigenvalue weighted by Gasteiger charge is 2.48. The van der Waals surface area contributed by atoms with Gasteiger partial charge in [0, 0.05) is 24.7 Å². The van der Waals surface area contributed by atoms with Crippen LogP contribution in [0, 0.1) is 17.8 Å². The maximum atomic E-state index is 13.0. The van der Waals surface area contributed by atoms with E-state index >= 15 is 0 Å². The van der Waals surface area contributed by atoms with Gasteiger partial charge in [-0.1, -0.05) is 17.7 Å². The second-order valence-corrected chi connectivity index (χ2v) is 9.47. The van der Waals surface area contributed by atoms with Crippen LogP contribution in [0.1, 0.15) is 33.1 Å². The molecule has 3 atom stereocenters. The van der Waals surface area contributed by atoms with Crippen LogP contribution in [0.2, 0.25) is 0 Å². The van der Waals surface area contributed by atoms with Crippen LogP contribution in [-0.2, 0) is 19.2 Å². The third-order valence-electron chi connectivity index (χ3n) is 7.04. The molecule has 2 aliphatic heterocycles. The Balaban J connectivity index is 1.26. The fourth-order valence-corrected chi connectivity index (χ4v) is 5.18. The molecule has 36 heavy (non-hydrogen) atoms. The Hall–Kier alpha value is -3.94. The second-order valence-electron chi connectivity index (χ2n) is 9.47. The molecule has 0 N–H and O–H groups in total. The molecule has 3 aliphatic rings. The molecule has 8 heteroatoms. The van der Waals surface area contributed by atoms with E-state index in [9.17, 15) is 19.2 Å². The zero-order valence-corrected chi connectivity index (χ0v) is 20.3. The van der Waals surface area contributed by atoms with E-state index in [1.165, 1.54) is 11.0 Å². The summed E-state index contributed by atoms with van der Waals surface area (Å²) in [6.07, 6.45) is 3.21. The number of anilines is 2. The highest BCUT2D eigenvalue weighted by molar-refractivity contribution is 6.22. The molecular weight excluding hydrogens is 460 g/mol. The first-order valence-electron chi connectivity index (χ1n) is 12.2. The summed E-state index contributed by atoms with van der Waals surface area (Å²) in [4.78, 5) is 54.3. The van der Waals surface area contributed by atoms with Gasteiger partial charge in [0.1, 0.15) is 11.5 Å². The van der Waals surface area contributed by atoms with Crippen LogP contribution >= 0.6 is 0 Å². The van der Waals surface area contributed by atoms with Gasteiger partial charge in [0.25, 0.3) is 0 Å². The Morgan fingerprint density at radius 3 is 2.44 bits per heavy atom. The fraction of sp³-hybridized carbons (Fsp3) is 0.357. The van der Waals surface area contributed by atoms with Crippen LogP contribution in [0.25, 0.3) is 0 Å². The van der Waals surface area contributed by atoms with Crippen molar-refractivity contribution in [3.05, 3.63) is 60.2 Å². The van der Waals surface area contributed by atoms with Crippen molar-refractivity contribution in [3.63, 3.8) is 0 Å². The minimum atomic E-state index is -0.625. The summed E-state index contributed by atoms with van der Waals surface area (Å²) in [7, 11) is 0. The van der Waals surface area contributed by atoms with Crippen molar-refractivity contribution in [2.45, 2.75) is 33.1 Å². The van der Waals surface area contributed by atoms with E-state index in [4.69, 9.17) is 9.47 Å². The molecule has 5 rings (SSSR count). The Morgan fingerprint density at radius 1 is 0.944 bits per heavy atom. The van der Waals surface area contributed by atoms with E-state index in [1.807, 2.05) is 19.9 Å². The quantitative estimate of drug-likeness (QED) is 0.265. The van der Waals surface area contributed by atoms with Crippen LogP contribution in [0.4, 0.5) is 11.4 Å². The van der Waals surface area contributed by atoms with Crippen LogP contribution in [0.5, 0.6) is 11.5 Å². The Kier molecular flexibility index (Phi) is 6.35. The van der Waals surface area contributed by atoms with Gasteiger partial charge in [-0.25, -0.2) is 4.90 Å². The molecule has 2 aromatic rings. The maximum absolute atomic E-state index is 13.0. The number of imide groups is 1. The minimum absolute atomic E-state index is 0.0462. The number of rotatable bonds is 6. The molecule has 1 aliphatic carbocycles. The van der Waals surface area contributed by atoms with Crippen LogP contribution < -0.4 is 19.3 Å². The van der Waals surface area contributed by atoms with Crippen molar-refractivity contribution in [3.8, 4) is 11.5 Å². The number of esters is 1. The highest BCUT2D eigenvalue weighted by Crippen LogP contribution is 2.40. The lowest BCUT2D eigenvalue weighted by atomic mass is 9.82.